The van der Waals surface area contributed by atoms with Gasteiger partial charge in [-0.25, -0.2) is 9.78 Å². The highest BCUT2D eigenvalue weighted by atomic mass is 19.4. The highest BCUT2D eigenvalue weighted by Gasteiger charge is 2.46. The third kappa shape index (κ3) is 3.46. The summed E-state index contributed by atoms with van der Waals surface area (Å²) in [6, 6.07) is -1.14. The van der Waals surface area contributed by atoms with Crippen LogP contribution in [0.5, 0.6) is 0 Å². The van der Waals surface area contributed by atoms with Crippen LogP contribution in [0.1, 0.15) is 31.2 Å². The number of pyridine rings is 1. The lowest BCUT2D eigenvalue weighted by Crippen LogP contribution is -2.50. The van der Waals surface area contributed by atoms with Gasteiger partial charge in [-0.1, -0.05) is 12.8 Å². The molecule has 28 heavy (non-hydrogen) atoms. The van der Waals surface area contributed by atoms with Gasteiger partial charge in [0, 0.05) is 23.5 Å². The number of amides is 2. The molecule has 2 aromatic heterocycles. The maximum absolute atomic E-state index is 13.4. The average Bonchev–Trinajstić information content (AvgIpc) is 3.37. The summed E-state index contributed by atoms with van der Waals surface area (Å²) in [5.74, 6) is -0.359. The Bertz CT molecular complexity index is 918. The molecule has 2 amide bonds. The molecule has 0 bridgehead atoms. The number of nitrogens with one attached hydrogen (secondary N) is 2. The zero-order chi connectivity index (χ0) is 19.9. The van der Waals surface area contributed by atoms with Gasteiger partial charge in [0.2, 0.25) is 5.91 Å². The number of anilines is 1. The van der Waals surface area contributed by atoms with Crippen LogP contribution in [0.15, 0.2) is 24.7 Å². The number of hydrogen-bond donors (Lipinski definition) is 2. The standard InChI is InChI=1S/C18H18F3N5O2/c19-18(20,21)15(10-3-1-2-4-10)25-17(28)26-9-11(8-23-26)12-5-6-22-16-13(12)7-14(27)24-16/h5-6,8-10,15H,1-4,7H2,(H,25,28)(H,22,24,27). The quantitative estimate of drug-likeness (QED) is 0.839. The summed E-state index contributed by atoms with van der Waals surface area (Å²) in [5, 5.41) is 8.64. The molecule has 10 heteroatoms. The Balaban J connectivity index is 1.55. The Morgan fingerprint density at radius 2 is 2.07 bits per heavy atom. The molecule has 0 saturated heterocycles. The van der Waals surface area contributed by atoms with Crippen molar-refractivity contribution in [2.45, 2.75) is 44.3 Å². The fourth-order valence-electron chi connectivity index (χ4n) is 3.92. The number of carbonyl (C=O) groups is 2. The molecule has 7 nitrogen and oxygen atoms in total. The highest BCUT2D eigenvalue weighted by molar-refractivity contribution is 6.00. The molecule has 1 atom stereocenters. The van der Waals surface area contributed by atoms with Gasteiger partial charge in [0.25, 0.3) is 0 Å². The first-order valence-electron chi connectivity index (χ1n) is 9.03. The van der Waals surface area contributed by atoms with E-state index in [1.165, 1.54) is 18.6 Å². The lowest BCUT2D eigenvalue weighted by molar-refractivity contribution is -0.164. The molecule has 1 aliphatic carbocycles. The van der Waals surface area contributed by atoms with E-state index in [1.807, 2.05) is 0 Å². The third-order valence-electron chi connectivity index (χ3n) is 5.26. The van der Waals surface area contributed by atoms with Crippen molar-refractivity contribution in [1.82, 2.24) is 20.1 Å². The maximum Gasteiger partial charge on any atom is 0.408 e. The van der Waals surface area contributed by atoms with Crippen molar-refractivity contribution in [1.29, 1.82) is 0 Å². The van der Waals surface area contributed by atoms with Crippen LogP contribution in [0.2, 0.25) is 0 Å². The lowest BCUT2D eigenvalue weighted by Gasteiger charge is -2.26. The summed E-state index contributed by atoms with van der Waals surface area (Å²) in [6.45, 7) is 0. The Morgan fingerprint density at radius 1 is 1.32 bits per heavy atom. The molecule has 3 heterocycles. The topological polar surface area (TPSA) is 88.9 Å². The van der Waals surface area contributed by atoms with Gasteiger partial charge in [-0.3, -0.25) is 4.79 Å². The Labute approximate surface area is 158 Å². The van der Waals surface area contributed by atoms with Crippen molar-refractivity contribution < 1.29 is 22.8 Å². The molecule has 1 unspecified atom stereocenters. The summed E-state index contributed by atoms with van der Waals surface area (Å²) in [4.78, 5) is 28.1. The van der Waals surface area contributed by atoms with E-state index in [0.717, 1.165) is 17.5 Å². The number of carbonyl (C=O) groups excluding carboxylic acids is 2. The monoisotopic (exact) mass is 393 g/mol. The van der Waals surface area contributed by atoms with Crippen molar-refractivity contribution >= 4 is 17.8 Å². The van der Waals surface area contributed by atoms with Gasteiger partial charge in [0.1, 0.15) is 11.9 Å². The zero-order valence-corrected chi connectivity index (χ0v) is 14.8. The minimum Gasteiger partial charge on any atom is -0.324 e. The highest BCUT2D eigenvalue weighted by Crippen LogP contribution is 2.36. The molecule has 4 rings (SSSR count). The number of hydrogen-bond acceptors (Lipinski definition) is 4. The summed E-state index contributed by atoms with van der Waals surface area (Å²) in [7, 11) is 0. The number of alkyl halides is 3. The van der Waals surface area contributed by atoms with E-state index in [4.69, 9.17) is 0 Å². The maximum atomic E-state index is 13.4. The largest absolute Gasteiger partial charge is 0.408 e. The smallest absolute Gasteiger partial charge is 0.324 e. The minimum atomic E-state index is -4.52. The second-order valence-electron chi connectivity index (χ2n) is 7.10. The first-order valence-corrected chi connectivity index (χ1v) is 9.03. The SMILES string of the molecule is O=C1Cc2c(-c3cnn(C(=O)NC(C4CCCC4)C(F)(F)F)c3)ccnc2N1. The van der Waals surface area contributed by atoms with Gasteiger partial charge < -0.3 is 10.6 Å². The van der Waals surface area contributed by atoms with Crippen LogP contribution in [0, 0.1) is 5.92 Å². The van der Waals surface area contributed by atoms with Crippen LogP contribution in [-0.2, 0) is 11.2 Å². The van der Waals surface area contributed by atoms with Gasteiger partial charge in [0.05, 0.1) is 12.6 Å². The van der Waals surface area contributed by atoms with Crippen LogP contribution < -0.4 is 10.6 Å². The molecule has 1 saturated carbocycles. The molecular weight excluding hydrogens is 375 g/mol. The fraction of sp³-hybridized carbons (Fsp3) is 0.444. The molecular formula is C18H18F3N5O2. The van der Waals surface area contributed by atoms with Gasteiger partial charge in [0.15, 0.2) is 0 Å². The van der Waals surface area contributed by atoms with Gasteiger partial charge in [-0.15, -0.1) is 0 Å². The van der Waals surface area contributed by atoms with E-state index >= 15 is 0 Å². The Kier molecular flexibility index (Phi) is 4.56. The fourth-order valence-corrected chi connectivity index (χ4v) is 3.92. The first kappa shape index (κ1) is 18.5. The van der Waals surface area contributed by atoms with Crippen molar-refractivity contribution in [2.75, 3.05) is 5.32 Å². The van der Waals surface area contributed by atoms with Crippen molar-refractivity contribution in [2.24, 2.45) is 5.92 Å². The van der Waals surface area contributed by atoms with Gasteiger partial charge >= 0.3 is 12.2 Å². The summed E-state index contributed by atoms with van der Waals surface area (Å²) >= 11 is 0. The molecule has 148 valence electrons. The van der Waals surface area contributed by atoms with E-state index in [-0.39, 0.29) is 12.3 Å². The molecule has 0 radical (unpaired) electrons. The lowest BCUT2D eigenvalue weighted by atomic mass is 9.98. The number of nitrogens with zero attached hydrogens (tertiary/aromatic N) is 3. The van der Waals surface area contributed by atoms with Crippen LogP contribution in [-0.4, -0.2) is 38.9 Å². The molecule has 2 N–H and O–H groups in total. The van der Waals surface area contributed by atoms with Crippen molar-refractivity contribution in [3.63, 3.8) is 0 Å². The summed E-state index contributed by atoms with van der Waals surface area (Å²) in [6.07, 6.45) is 2.24. The van der Waals surface area contributed by atoms with Gasteiger partial charge in [-0.2, -0.15) is 23.0 Å². The van der Waals surface area contributed by atoms with Crippen molar-refractivity contribution in [3.05, 3.63) is 30.2 Å². The van der Waals surface area contributed by atoms with Crippen LogP contribution >= 0.6 is 0 Å². The molecule has 1 aliphatic heterocycles. The normalized spacial score (nSPS) is 18.0. The Hall–Kier alpha value is -2.91. The van der Waals surface area contributed by atoms with Gasteiger partial charge in [-0.05, 0) is 30.4 Å². The number of fused-ring (bicyclic) bond motifs is 1. The van der Waals surface area contributed by atoms with Crippen LogP contribution in [0.3, 0.4) is 0 Å². The minimum absolute atomic E-state index is 0.147. The van der Waals surface area contributed by atoms with E-state index in [0.29, 0.717) is 35.3 Å². The number of aromatic nitrogens is 3. The van der Waals surface area contributed by atoms with E-state index in [2.05, 4.69) is 20.7 Å². The molecule has 2 aliphatic rings. The first-order chi connectivity index (χ1) is 13.3. The predicted molar refractivity (Wildman–Crippen MR) is 93.5 cm³/mol. The Morgan fingerprint density at radius 3 is 2.79 bits per heavy atom. The molecule has 0 spiro atoms. The average molecular weight is 393 g/mol. The molecule has 2 aromatic rings. The second-order valence-corrected chi connectivity index (χ2v) is 7.10. The van der Waals surface area contributed by atoms with Crippen molar-refractivity contribution in [3.8, 4) is 11.1 Å². The zero-order valence-electron chi connectivity index (χ0n) is 14.8. The van der Waals surface area contributed by atoms with E-state index in [1.54, 1.807) is 6.07 Å². The number of halogens is 3. The molecule has 1 fully saturated rings. The third-order valence-corrected chi connectivity index (χ3v) is 5.26. The summed E-state index contributed by atoms with van der Waals surface area (Å²) in [5.41, 5.74) is 1.85. The van der Waals surface area contributed by atoms with E-state index < -0.39 is 24.2 Å². The van der Waals surface area contributed by atoms with Crippen LogP contribution in [0.25, 0.3) is 11.1 Å². The van der Waals surface area contributed by atoms with Crippen LogP contribution in [0.4, 0.5) is 23.8 Å². The summed E-state index contributed by atoms with van der Waals surface area (Å²) < 4.78 is 41.1. The molecule has 0 aromatic carbocycles. The van der Waals surface area contributed by atoms with E-state index in [9.17, 15) is 22.8 Å². The second kappa shape index (κ2) is 6.92. The number of rotatable bonds is 3. The predicted octanol–water partition coefficient (Wildman–Crippen LogP) is 3.12.